The summed E-state index contributed by atoms with van der Waals surface area (Å²) in [6.07, 6.45) is 0. The number of carbonyl (C=O) groups excluding carboxylic acids is 1. The second-order valence-corrected chi connectivity index (χ2v) is 2.01. The van der Waals surface area contributed by atoms with Gasteiger partial charge in [-0.2, -0.15) is 0 Å². The predicted molar refractivity (Wildman–Crippen MR) is 34.1 cm³/mol. The lowest BCUT2D eigenvalue weighted by Gasteiger charge is -2.14. The average molecular weight is 127 g/mol. The zero-order chi connectivity index (χ0) is 6.85. The smallest absolute Gasteiger partial charge is 0.244 e. The molecule has 1 aliphatic rings. The summed E-state index contributed by atoms with van der Waals surface area (Å²) in [5.41, 5.74) is 5.32. The van der Waals surface area contributed by atoms with E-state index in [1.807, 2.05) is 0 Å². The van der Waals surface area contributed by atoms with E-state index in [1.54, 1.807) is 6.92 Å². The maximum Gasteiger partial charge on any atom is 0.244 e. The van der Waals surface area contributed by atoms with Gasteiger partial charge in [0.05, 0.1) is 6.54 Å². The van der Waals surface area contributed by atoms with Gasteiger partial charge in [0, 0.05) is 0 Å². The normalized spacial score (nSPS) is 27.0. The minimum atomic E-state index is -0.307. The Labute approximate surface area is 53.1 Å². The molecule has 1 rings (SSSR count). The van der Waals surface area contributed by atoms with Crippen LogP contribution in [0.2, 0.25) is 0 Å². The fourth-order valence-corrected chi connectivity index (χ4v) is 0.678. The maximum atomic E-state index is 10.7. The van der Waals surface area contributed by atoms with E-state index in [2.05, 4.69) is 10.3 Å². The number of nitrogens with one attached hydrogen (secondary N) is 1. The number of nitrogens with zero attached hydrogens (tertiary/aromatic N) is 1. The molecule has 0 saturated carbocycles. The van der Waals surface area contributed by atoms with Gasteiger partial charge in [-0.05, 0) is 6.92 Å². The number of amides is 1. The van der Waals surface area contributed by atoms with Gasteiger partial charge in [0.2, 0.25) is 5.91 Å². The van der Waals surface area contributed by atoms with E-state index in [4.69, 9.17) is 5.73 Å². The molecule has 1 heterocycles. The van der Waals surface area contributed by atoms with Gasteiger partial charge in [-0.3, -0.25) is 9.79 Å². The number of aliphatic imine (C=N–C) groups is 1. The third-order valence-corrected chi connectivity index (χ3v) is 1.18. The van der Waals surface area contributed by atoms with E-state index in [0.29, 0.717) is 12.4 Å². The van der Waals surface area contributed by atoms with Gasteiger partial charge in [0.15, 0.2) is 0 Å². The van der Waals surface area contributed by atoms with Crippen LogP contribution in [0.15, 0.2) is 4.99 Å². The van der Waals surface area contributed by atoms with Gasteiger partial charge in [0.25, 0.3) is 0 Å². The van der Waals surface area contributed by atoms with Gasteiger partial charge < -0.3 is 11.1 Å². The molecular weight excluding hydrogens is 118 g/mol. The highest BCUT2D eigenvalue weighted by atomic mass is 16.2. The third kappa shape index (κ3) is 1.19. The van der Waals surface area contributed by atoms with Crippen LogP contribution in [0.4, 0.5) is 0 Å². The predicted octanol–water partition coefficient (Wildman–Crippen LogP) is -1.14. The quantitative estimate of drug-likeness (QED) is 0.432. The van der Waals surface area contributed by atoms with Crippen molar-refractivity contribution in [3.05, 3.63) is 0 Å². The molecule has 3 N–H and O–H groups in total. The van der Waals surface area contributed by atoms with E-state index in [9.17, 15) is 4.79 Å². The van der Waals surface area contributed by atoms with Crippen LogP contribution in [-0.2, 0) is 4.79 Å². The highest BCUT2D eigenvalue weighted by Gasteiger charge is 2.15. The second kappa shape index (κ2) is 2.05. The fourth-order valence-electron chi connectivity index (χ4n) is 0.678. The monoisotopic (exact) mass is 127 g/mol. The fraction of sp³-hybridized carbons (Fsp3) is 0.600. The van der Waals surface area contributed by atoms with Gasteiger partial charge in [-0.25, -0.2) is 0 Å². The summed E-state index contributed by atoms with van der Waals surface area (Å²) in [5.74, 6) is 0.450. The molecule has 1 amide bonds. The van der Waals surface area contributed by atoms with Gasteiger partial charge in [0.1, 0.15) is 11.9 Å². The Morgan fingerprint density at radius 2 is 2.56 bits per heavy atom. The molecule has 0 aromatic carbocycles. The van der Waals surface area contributed by atoms with E-state index in [0.717, 1.165) is 0 Å². The molecule has 1 atom stereocenters. The highest BCUT2D eigenvalue weighted by Crippen LogP contribution is 1.92. The average Bonchev–Trinajstić information content (AvgIpc) is 1.80. The van der Waals surface area contributed by atoms with E-state index in [1.165, 1.54) is 0 Å². The minimum absolute atomic E-state index is 0.0517. The first kappa shape index (κ1) is 6.07. The Morgan fingerprint density at radius 3 is 3.00 bits per heavy atom. The molecule has 0 bridgehead atoms. The van der Waals surface area contributed by atoms with Crippen LogP contribution >= 0.6 is 0 Å². The Morgan fingerprint density at radius 1 is 1.89 bits per heavy atom. The van der Waals surface area contributed by atoms with E-state index in [-0.39, 0.29) is 11.9 Å². The molecule has 0 aromatic rings. The van der Waals surface area contributed by atoms with Crippen molar-refractivity contribution in [3.8, 4) is 0 Å². The second-order valence-electron chi connectivity index (χ2n) is 2.01. The summed E-state index contributed by atoms with van der Waals surface area (Å²) in [7, 11) is 0. The summed E-state index contributed by atoms with van der Waals surface area (Å²) in [6, 6.07) is -0.307. The Hall–Kier alpha value is -1.06. The minimum Gasteiger partial charge on any atom is -0.386 e. The van der Waals surface area contributed by atoms with Crippen LogP contribution in [0.5, 0.6) is 0 Å². The van der Waals surface area contributed by atoms with Crippen LogP contribution in [0.1, 0.15) is 6.92 Å². The zero-order valence-corrected chi connectivity index (χ0v) is 5.22. The Bertz CT molecular complexity index is 164. The SMILES string of the molecule is CC1N=C(N)CNC1=O. The van der Waals surface area contributed by atoms with Crippen LogP contribution < -0.4 is 11.1 Å². The number of carbonyl (C=O) groups is 1. The lowest BCUT2D eigenvalue weighted by Crippen LogP contribution is -2.43. The molecule has 9 heavy (non-hydrogen) atoms. The van der Waals surface area contributed by atoms with Crippen molar-refractivity contribution >= 4 is 11.7 Å². The van der Waals surface area contributed by atoms with Crippen LogP contribution in [0, 0.1) is 0 Å². The molecule has 1 unspecified atom stereocenters. The first-order chi connectivity index (χ1) is 4.20. The van der Waals surface area contributed by atoms with Crippen molar-refractivity contribution in [2.45, 2.75) is 13.0 Å². The molecule has 0 spiro atoms. The number of rotatable bonds is 0. The number of hydrogen-bond acceptors (Lipinski definition) is 3. The highest BCUT2D eigenvalue weighted by molar-refractivity contribution is 5.94. The van der Waals surface area contributed by atoms with Gasteiger partial charge in [-0.15, -0.1) is 0 Å². The van der Waals surface area contributed by atoms with Crippen LogP contribution in [0.25, 0.3) is 0 Å². The van der Waals surface area contributed by atoms with Gasteiger partial charge in [-0.1, -0.05) is 0 Å². The summed E-state index contributed by atoms with van der Waals surface area (Å²) in [6.45, 7) is 2.10. The number of nitrogens with two attached hydrogens (primary N) is 1. The maximum absolute atomic E-state index is 10.7. The third-order valence-electron chi connectivity index (χ3n) is 1.18. The van der Waals surface area contributed by atoms with Crippen molar-refractivity contribution in [1.29, 1.82) is 0 Å². The van der Waals surface area contributed by atoms with Crippen molar-refractivity contribution in [2.24, 2.45) is 10.7 Å². The van der Waals surface area contributed by atoms with Crippen molar-refractivity contribution in [3.63, 3.8) is 0 Å². The van der Waals surface area contributed by atoms with Crippen molar-refractivity contribution in [1.82, 2.24) is 5.32 Å². The molecule has 0 fully saturated rings. The van der Waals surface area contributed by atoms with Crippen molar-refractivity contribution < 1.29 is 4.79 Å². The molecule has 4 nitrogen and oxygen atoms in total. The summed E-state index contributed by atoms with van der Waals surface area (Å²) in [4.78, 5) is 14.5. The number of amidine groups is 1. The first-order valence-corrected chi connectivity index (χ1v) is 2.80. The molecule has 0 saturated heterocycles. The largest absolute Gasteiger partial charge is 0.386 e. The van der Waals surface area contributed by atoms with Crippen LogP contribution in [0.3, 0.4) is 0 Å². The molecular formula is C5H9N3O. The van der Waals surface area contributed by atoms with Crippen molar-refractivity contribution in [2.75, 3.05) is 6.54 Å². The summed E-state index contributed by atoms with van der Waals surface area (Å²) < 4.78 is 0. The molecule has 1 aliphatic heterocycles. The first-order valence-electron chi connectivity index (χ1n) is 2.80. The lowest BCUT2D eigenvalue weighted by atomic mass is 10.3. The molecule has 0 radical (unpaired) electrons. The summed E-state index contributed by atoms with van der Waals surface area (Å²) >= 11 is 0. The summed E-state index contributed by atoms with van der Waals surface area (Å²) in [5, 5.41) is 2.59. The molecule has 0 aliphatic carbocycles. The zero-order valence-electron chi connectivity index (χ0n) is 5.22. The Balaban J connectivity index is 2.69. The molecule has 50 valence electrons. The topological polar surface area (TPSA) is 67.5 Å². The lowest BCUT2D eigenvalue weighted by molar-refractivity contribution is -0.121. The van der Waals surface area contributed by atoms with E-state index < -0.39 is 0 Å². The van der Waals surface area contributed by atoms with Gasteiger partial charge >= 0.3 is 0 Å². The Kier molecular flexibility index (Phi) is 1.38. The number of hydrogen-bond donors (Lipinski definition) is 2. The van der Waals surface area contributed by atoms with Crippen LogP contribution in [-0.4, -0.2) is 24.3 Å². The molecule has 4 heteroatoms. The molecule has 0 aromatic heterocycles. The standard InChI is InChI=1S/C5H9N3O/c1-3-5(9)7-2-4(6)8-3/h3H,2H2,1H3,(H2,6,8)(H,7,9). The van der Waals surface area contributed by atoms with E-state index >= 15 is 0 Å².